The fourth-order valence-electron chi connectivity index (χ4n) is 2.46. The zero-order valence-corrected chi connectivity index (χ0v) is 15.3. The minimum atomic E-state index is -0.172. The monoisotopic (exact) mass is 366 g/mol. The summed E-state index contributed by atoms with van der Waals surface area (Å²) in [6.45, 7) is 4.77. The van der Waals surface area contributed by atoms with E-state index in [0.29, 0.717) is 36.3 Å². The summed E-state index contributed by atoms with van der Waals surface area (Å²) in [6, 6.07) is 11.2. The van der Waals surface area contributed by atoms with E-state index in [1.54, 1.807) is 10.9 Å². The predicted molar refractivity (Wildman–Crippen MR) is 102 cm³/mol. The number of benzene rings is 1. The van der Waals surface area contributed by atoms with Gasteiger partial charge in [-0.2, -0.15) is 5.10 Å². The van der Waals surface area contributed by atoms with Crippen molar-refractivity contribution in [3.05, 3.63) is 60.2 Å². The second kappa shape index (κ2) is 8.79. The number of anilines is 1. The van der Waals surface area contributed by atoms with Crippen molar-refractivity contribution in [1.29, 1.82) is 0 Å². The minimum Gasteiger partial charge on any atom is -0.484 e. The Morgan fingerprint density at radius 2 is 2.04 bits per heavy atom. The van der Waals surface area contributed by atoms with E-state index in [4.69, 9.17) is 4.74 Å². The van der Waals surface area contributed by atoms with Crippen molar-refractivity contribution in [3.8, 4) is 11.6 Å². The van der Waals surface area contributed by atoms with Gasteiger partial charge in [0.25, 0.3) is 5.91 Å². The molecule has 0 radical (unpaired) electrons. The zero-order chi connectivity index (χ0) is 19.1. The molecule has 3 rings (SSSR count). The maximum absolute atomic E-state index is 11.9. The lowest BCUT2D eigenvalue weighted by atomic mass is 10.2. The van der Waals surface area contributed by atoms with Crippen molar-refractivity contribution in [3.63, 3.8) is 0 Å². The number of rotatable bonds is 8. The molecule has 1 aromatic carbocycles. The van der Waals surface area contributed by atoms with Crippen LogP contribution in [0.5, 0.6) is 5.75 Å². The largest absolute Gasteiger partial charge is 0.484 e. The summed E-state index contributed by atoms with van der Waals surface area (Å²) in [6.07, 6.45) is 3.51. The highest BCUT2D eigenvalue weighted by atomic mass is 16.5. The normalized spacial score (nSPS) is 10.4. The summed E-state index contributed by atoms with van der Waals surface area (Å²) in [5.41, 5.74) is 1.09. The van der Waals surface area contributed by atoms with Gasteiger partial charge < -0.3 is 15.4 Å². The molecule has 0 spiro atoms. The first-order chi connectivity index (χ1) is 13.1. The molecular weight excluding hydrogens is 344 g/mol. The topological polar surface area (TPSA) is 94.0 Å². The van der Waals surface area contributed by atoms with Gasteiger partial charge in [-0.15, -0.1) is 0 Å². The summed E-state index contributed by atoms with van der Waals surface area (Å²) >= 11 is 0. The summed E-state index contributed by atoms with van der Waals surface area (Å²) in [5, 5.41) is 10.2. The lowest BCUT2D eigenvalue weighted by Gasteiger charge is -2.10. The zero-order valence-electron chi connectivity index (χ0n) is 15.3. The molecule has 2 aromatic heterocycles. The Morgan fingerprint density at radius 3 is 2.81 bits per heavy atom. The van der Waals surface area contributed by atoms with Crippen LogP contribution in [0.25, 0.3) is 5.82 Å². The Labute approximate surface area is 157 Å². The molecule has 0 aliphatic heterocycles. The van der Waals surface area contributed by atoms with E-state index in [1.165, 1.54) is 0 Å². The van der Waals surface area contributed by atoms with Crippen molar-refractivity contribution in [2.45, 2.75) is 13.8 Å². The highest BCUT2D eigenvalue weighted by Crippen LogP contribution is 2.12. The summed E-state index contributed by atoms with van der Waals surface area (Å²) in [4.78, 5) is 20.6. The van der Waals surface area contributed by atoms with Crippen LogP contribution in [0, 0.1) is 13.8 Å². The second-order valence-electron chi connectivity index (χ2n) is 5.99. The molecule has 8 nitrogen and oxygen atoms in total. The SMILES string of the molecule is Cc1cccc(OCC(=O)NCCNc2cc(-n3cccn3)nc(C)n2)c1. The average molecular weight is 366 g/mol. The molecule has 27 heavy (non-hydrogen) atoms. The highest BCUT2D eigenvalue weighted by molar-refractivity contribution is 5.77. The number of amides is 1. The van der Waals surface area contributed by atoms with Gasteiger partial charge in [0.15, 0.2) is 12.4 Å². The van der Waals surface area contributed by atoms with Gasteiger partial charge in [-0.25, -0.2) is 14.6 Å². The second-order valence-corrected chi connectivity index (χ2v) is 5.99. The van der Waals surface area contributed by atoms with Crippen LogP contribution in [0.15, 0.2) is 48.8 Å². The molecule has 0 unspecified atom stereocenters. The quantitative estimate of drug-likeness (QED) is 0.591. The molecule has 8 heteroatoms. The number of carbonyl (C=O) groups excluding carboxylic acids is 1. The number of nitrogens with zero attached hydrogens (tertiary/aromatic N) is 4. The molecule has 2 heterocycles. The van der Waals surface area contributed by atoms with Crippen molar-refractivity contribution in [2.24, 2.45) is 0 Å². The first-order valence-corrected chi connectivity index (χ1v) is 8.66. The summed E-state index contributed by atoms with van der Waals surface area (Å²) < 4.78 is 7.14. The summed E-state index contributed by atoms with van der Waals surface area (Å²) in [7, 11) is 0. The van der Waals surface area contributed by atoms with E-state index >= 15 is 0 Å². The lowest BCUT2D eigenvalue weighted by Crippen LogP contribution is -2.32. The van der Waals surface area contributed by atoms with E-state index < -0.39 is 0 Å². The van der Waals surface area contributed by atoms with Crippen molar-refractivity contribution in [1.82, 2.24) is 25.1 Å². The number of hydrogen-bond acceptors (Lipinski definition) is 6. The standard InChI is InChI=1S/C19H22N6O2/c1-14-5-3-6-16(11-14)27-13-19(26)21-9-8-20-17-12-18(24-15(2)23-17)25-10-4-7-22-25/h3-7,10-12H,8-9,13H2,1-2H3,(H,21,26)(H,20,23,24). The molecule has 0 aliphatic rings. The van der Waals surface area contributed by atoms with E-state index in [0.717, 1.165) is 5.56 Å². The molecule has 1 amide bonds. The van der Waals surface area contributed by atoms with Gasteiger partial charge in [0.05, 0.1) is 0 Å². The number of aromatic nitrogens is 4. The lowest BCUT2D eigenvalue weighted by molar-refractivity contribution is -0.123. The maximum Gasteiger partial charge on any atom is 0.258 e. The van der Waals surface area contributed by atoms with E-state index in [2.05, 4.69) is 25.7 Å². The number of carbonyl (C=O) groups is 1. The Morgan fingerprint density at radius 1 is 1.15 bits per heavy atom. The predicted octanol–water partition coefficient (Wildman–Crippen LogP) is 1.89. The number of nitrogens with one attached hydrogen (secondary N) is 2. The van der Waals surface area contributed by atoms with Crippen LogP contribution >= 0.6 is 0 Å². The third kappa shape index (κ3) is 5.53. The fourth-order valence-corrected chi connectivity index (χ4v) is 2.46. The molecule has 0 aliphatic carbocycles. The van der Waals surface area contributed by atoms with Crippen LogP contribution in [-0.4, -0.2) is 45.4 Å². The molecule has 2 N–H and O–H groups in total. The molecule has 0 fully saturated rings. The number of aryl methyl sites for hydroxylation is 2. The van der Waals surface area contributed by atoms with Crippen molar-refractivity contribution in [2.75, 3.05) is 25.0 Å². The molecule has 3 aromatic rings. The van der Waals surface area contributed by atoms with Crippen LogP contribution in [0.2, 0.25) is 0 Å². The van der Waals surface area contributed by atoms with E-state index in [-0.39, 0.29) is 12.5 Å². The molecule has 0 bridgehead atoms. The average Bonchev–Trinajstić information content (AvgIpc) is 3.18. The van der Waals surface area contributed by atoms with Crippen LogP contribution in [0.4, 0.5) is 5.82 Å². The molecule has 0 atom stereocenters. The number of ether oxygens (including phenoxy) is 1. The van der Waals surface area contributed by atoms with Gasteiger partial charge in [-0.3, -0.25) is 4.79 Å². The highest BCUT2D eigenvalue weighted by Gasteiger charge is 2.05. The first-order valence-electron chi connectivity index (χ1n) is 8.66. The molecule has 140 valence electrons. The van der Waals surface area contributed by atoms with Gasteiger partial charge in [0.1, 0.15) is 17.4 Å². The number of hydrogen-bond donors (Lipinski definition) is 2. The maximum atomic E-state index is 11.9. The van der Waals surface area contributed by atoms with E-state index in [1.807, 2.05) is 56.4 Å². The van der Waals surface area contributed by atoms with E-state index in [9.17, 15) is 4.79 Å². The van der Waals surface area contributed by atoms with Gasteiger partial charge in [-0.1, -0.05) is 12.1 Å². The van der Waals surface area contributed by atoms with Crippen LogP contribution in [-0.2, 0) is 4.79 Å². The van der Waals surface area contributed by atoms with Gasteiger partial charge >= 0.3 is 0 Å². The molecule has 0 saturated heterocycles. The Balaban J connectivity index is 1.43. The summed E-state index contributed by atoms with van der Waals surface area (Å²) in [5.74, 6) is 2.52. The molecule has 0 saturated carbocycles. The Bertz CT molecular complexity index is 895. The van der Waals surface area contributed by atoms with Crippen LogP contribution in [0.3, 0.4) is 0 Å². The van der Waals surface area contributed by atoms with Crippen LogP contribution in [0.1, 0.15) is 11.4 Å². The Kier molecular flexibility index (Phi) is 5.98. The third-order valence-electron chi connectivity index (χ3n) is 3.68. The first kappa shape index (κ1) is 18.4. The van der Waals surface area contributed by atoms with Crippen molar-refractivity contribution >= 4 is 11.7 Å². The Hall–Kier alpha value is -3.42. The van der Waals surface area contributed by atoms with Crippen LogP contribution < -0.4 is 15.4 Å². The fraction of sp³-hybridized carbons (Fsp3) is 0.263. The smallest absolute Gasteiger partial charge is 0.258 e. The van der Waals surface area contributed by atoms with Gasteiger partial charge in [0.2, 0.25) is 0 Å². The minimum absolute atomic E-state index is 0.0144. The third-order valence-corrected chi connectivity index (χ3v) is 3.68. The van der Waals surface area contributed by atoms with Gasteiger partial charge in [0, 0.05) is 31.5 Å². The van der Waals surface area contributed by atoms with Crippen molar-refractivity contribution < 1.29 is 9.53 Å². The van der Waals surface area contributed by atoms with Gasteiger partial charge in [-0.05, 0) is 37.6 Å². The molecular formula is C19H22N6O2.